The van der Waals surface area contributed by atoms with E-state index < -0.39 is 18.5 Å². The first-order valence-electron chi connectivity index (χ1n) is 3.91. The normalized spacial score (nSPS) is 12.0. The molecule has 1 aromatic carbocycles. The van der Waals surface area contributed by atoms with E-state index in [1.165, 1.54) is 12.1 Å². The van der Waals surface area contributed by atoms with E-state index in [0.717, 1.165) is 0 Å². The second-order valence-corrected chi connectivity index (χ2v) is 3.16. The highest BCUT2D eigenvalue weighted by Crippen LogP contribution is 2.20. The predicted octanol–water partition coefficient (Wildman–Crippen LogP) is 3.26. The van der Waals surface area contributed by atoms with Gasteiger partial charge < -0.3 is 5.73 Å². The Balaban J connectivity index is 0.00000169. The molecule has 0 fully saturated rings. The predicted molar refractivity (Wildman–Crippen MR) is 56.2 cm³/mol. The zero-order valence-corrected chi connectivity index (χ0v) is 8.92. The molecule has 0 aliphatic rings. The van der Waals surface area contributed by atoms with Crippen LogP contribution in [0.15, 0.2) is 18.2 Å². The summed E-state index contributed by atoms with van der Waals surface area (Å²) in [7, 11) is 0. The summed E-state index contributed by atoms with van der Waals surface area (Å²) in [6.45, 7) is -0.509. The lowest BCUT2D eigenvalue weighted by molar-refractivity contribution is 0.441. The molecule has 1 aromatic rings. The Morgan fingerprint density at radius 3 is 2.57 bits per heavy atom. The lowest BCUT2D eigenvalue weighted by Gasteiger charge is -2.09. The third-order valence-corrected chi connectivity index (χ3v) is 2.10. The van der Waals surface area contributed by atoms with Crippen molar-refractivity contribution in [1.29, 1.82) is 0 Å². The molecule has 0 saturated heterocycles. The highest BCUT2D eigenvalue weighted by atomic mass is 35.5. The molecule has 0 bridgehead atoms. The number of rotatable bonds is 3. The van der Waals surface area contributed by atoms with Gasteiger partial charge in [-0.2, -0.15) is 0 Å². The first kappa shape index (κ1) is 13.6. The Morgan fingerprint density at radius 2 is 2.07 bits per heavy atom. The second-order valence-electron chi connectivity index (χ2n) is 2.76. The molecule has 1 atom stereocenters. The third kappa shape index (κ3) is 3.40. The van der Waals surface area contributed by atoms with Crippen molar-refractivity contribution in [2.75, 3.05) is 6.67 Å². The van der Waals surface area contributed by atoms with Crippen LogP contribution < -0.4 is 5.73 Å². The molecule has 80 valence electrons. The summed E-state index contributed by atoms with van der Waals surface area (Å²) in [4.78, 5) is 0. The number of nitrogens with two attached hydrogens (primary N) is 1. The topological polar surface area (TPSA) is 26.0 Å². The monoisotopic (exact) mass is 241 g/mol. The molecule has 0 amide bonds. The van der Waals surface area contributed by atoms with E-state index in [0.29, 0.717) is 5.56 Å². The summed E-state index contributed by atoms with van der Waals surface area (Å²) in [5.41, 5.74) is 6.14. The van der Waals surface area contributed by atoms with Gasteiger partial charge in [-0.25, -0.2) is 4.39 Å². The molecule has 2 N–H and O–H groups in total. The van der Waals surface area contributed by atoms with Crippen molar-refractivity contribution in [2.24, 2.45) is 5.73 Å². The zero-order chi connectivity index (χ0) is 9.84. The van der Waals surface area contributed by atoms with Crippen LogP contribution in [-0.2, 0) is 0 Å². The van der Waals surface area contributed by atoms with Crippen LogP contribution in [0.25, 0.3) is 0 Å². The van der Waals surface area contributed by atoms with E-state index in [1.807, 2.05) is 0 Å². The molecule has 5 heteroatoms. The van der Waals surface area contributed by atoms with E-state index >= 15 is 0 Å². The molecule has 0 aromatic heterocycles. The molecule has 0 unspecified atom stereocenters. The largest absolute Gasteiger partial charge is 0.324 e. The summed E-state index contributed by atoms with van der Waals surface area (Å²) in [6.07, 6.45) is 0.196. The first-order valence-corrected chi connectivity index (χ1v) is 4.29. The van der Waals surface area contributed by atoms with Gasteiger partial charge in [0, 0.05) is 6.04 Å². The van der Waals surface area contributed by atoms with Gasteiger partial charge in [-0.3, -0.25) is 4.39 Å². The van der Waals surface area contributed by atoms with Gasteiger partial charge in [0.25, 0.3) is 0 Å². The van der Waals surface area contributed by atoms with Gasteiger partial charge in [-0.15, -0.1) is 12.4 Å². The molecular weight excluding hydrogens is 231 g/mol. The lowest BCUT2D eigenvalue weighted by Crippen LogP contribution is -2.11. The standard InChI is InChI=1S/C9H10ClF2N.ClH/c10-7-2-1-6(5-8(7)12)9(13)3-4-11;/h1-2,5,9H,3-4,13H2;1H/t9-;/m1./s1. The van der Waals surface area contributed by atoms with Crippen molar-refractivity contribution in [2.45, 2.75) is 12.5 Å². The maximum atomic E-state index is 12.9. The maximum Gasteiger partial charge on any atom is 0.142 e. The second kappa shape index (κ2) is 6.17. The van der Waals surface area contributed by atoms with Gasteiger partial charge in [0.1, 0.15) is 5.82 Å². The third-order valence-electron chi connectivity index (χ3n) is 1.79. The summed E-state index contributed by atoms with van der Waals surface area (Å²) in [5, 5.41) is 0.0520. The van der Waals surface area contributed by atoms with E-state index in [-0.39, 0.29) is 23.9 Å². The number of hydrogen-bond donors (Lipinski definition) is 1. The molecule has 0 aliphatic carbocycles. The number of hydrogen-bond acceptors (Lipinski definition) is 1. The van der Waals surface area contributed by atoms with Crippen LogP contribution >= 0.6 is 24.0 Å². The summed E-state index contributed by atoms with van der Waals surface area (Å²) >= 11 is 5.47. The molecular formula is C9H11Cl2F2N. The summed E-state index contributed by atoms with van der Waals surface area (Å²) in [5.74, 6) is -0.520. The smallest absolute Gasteiger partial charge is 0.142 e. The maximum absolute atomic E-state index is 12.9. The Morgan fingerprint density at radius 1 is 1.43 bits per heavy atom. The van der Waals surface area contributed by atoms with Gasteiger partial charge in [0.2, 0.25) is 0 Å². The first-order chi connectivity index (χ1) is 6.15. The van der Waals surface area contributed by atoms with E-state index in [4.69, 9.17) is 17.3 Å². The van der Waals surface area contributed by atoms with Crippen LogP contribution in [0.1, 0.15) is 18.0 Å². The van der Waals surface area contributed by atoms with Gasteiger partial charge in [-0.05, 0) is 24.1 Å². The van der Waals surface area contributed by atoms with Gasteiger partial charge >= 0.3 is 0 Å². The molecule has 14 heavy (non-hydrogen) atoms. The van der Waals surface area contributed by atoms with Crippen molar-refractivity contribution in [3.05, 3.63) is 34.6 Å². The lowest BCUT2D eigenvalue weighted by atomic mass is 10.1. The molecule has 0 radical (unpaired) electrons. The van der Waals surface area contributed by atoms with Crippen LogP contribution in [-0.4, -0.2) is 6.67 Å². The van der Waals surface area contributed by atoms with Crippen LogP contribution in [0.5, 0.6) is 0 Å². The van der Waals surface area contributed by atoms with Gasteiger partial charge in [0.15, 0.2) is 0 Å². The van der Waals surface area contributed by atoms with Crippen molar-refractivity contribution >= 4 is 24.0 Å². The Labute approximate surface area is 92.7 Å². The fraction of sp³-hybridized carbons (Fsp3) is 0.333. The fourth-order valence-electron chi connectivity index (χ4n) is 1.03. The van der Waals surface area contributed by atoms with Crippen LogP contribution in [0.2, 0.25) is 5.02 Å². The fourth-order valence-corrected chi connectivity index (χ4v) is 1.14. The highest BCUT2D eigenvalue weighted by molar-refractivity contribution is 6.30. The minimum atomic E-state index is -0.520. The molecule has 0 aliphatic heterocycles. The zero-order valence-electron chi connectivity index (χ0n) is 7.34. The number of halogens is 4. The highest BCUT2D eigenvalue weighted by Gasteiger charge is 2.08. The minimum absolute atomic E-state index is 0. The summed E-state index contributed by atoms with van der Waals surface area (Å²) < 4.78 is 24.8. The Bertz CT molecular complexity index is 294. The SMILES string of the molecule is Cl.N[C@H](CCF)c1ccc(Cl)c(F)c1. The van der Waals surface area contributed by atoms with Crippen molar-refractivity contribution in [1.82, 2.24) is 0 Å². The van der Waals surface area contributed by atoms with Crippen LogP contribution in [0.4, 0.5) is 8.78 Å². The van der Waals surface area contributed by atoms with Gasteiger partial charge in [-0.1, -0.05) is 17.7 Å². The average Bonchev–Trinajstić information content (AvgIpc) is 2.10. The molecule has 0 spiro atoms. The van der Waals surface area contributed by atoms with Crippen LogP contribution in [0.3, 0.4) is 0 Å². The molecule has 1 nitrogen and oxygen atoms in total. The van der Waals surface area contributed by atoms with Crippen molar-refractivity contribution in [3.8, 4) is 0 Å². The van der Waals surface area contributed by atoms with E-state index in [2.05, 4.69) is 0 Å². The Kier molecular flexibility index (Phi) is 6.00. The molecule has 0 saturated carbocycles. The van der Waals surface area contributed by atoms with Crippen LogP contribution in [0, 0.1) is 5.82 Å². The Hall–Kier alpha value is -0.380. The average molecular weight is 242 g/mol. The number of benzene rings is 1. The van der Waals surface area contributed by atoms with E-state index in [1.54, 1.807) is 6.07 Å². The molecule has 1 rings (SSSR count). The quantitative estimate of drug-likeness (QED) is 0.864. The molecule has 0 heterocycles. The summed E-state index contributed by atoms with van der Waals surface area (Å²) in [6, 6.07) is 3.80. The van der Waals surface area contributed by atoms with Gasteiger partial charge in [0.05, 0.1) is 11.7 Å². The number of alkyl halides is 1. The van der Waals surface area contributed by atoms with Crippen molar-refractivity contribution < 1.29 is 8.78 Å². The van der Waals surface area contributed by atoms with Crippen molar-refractivity contribution in [3.63, 3.8) is 0 Å². The van der Waals surface area contributed by atoms with E-state index in [9.17, 15) is 8.78 Å². The minimum Gasteiger partial charge on any atom is -0.324 e.